The molecule has 31 heavy (non-hydrogen) atoms. The number of hydrogen-bond acceptors (Lipinski definition) is 1. The maximum absolute atomic E-state index is 7.23. The van der Waals surface area contributed by atoms with E-state index in [-0.39, 0.29) is 10.8 Å². The summed E-state index contributed by atoms with van der Waals surface area (Å²) in [5.41, 5.74) is 5.17. The molecule has 0 aromatic heterocycles. The van der Waals surface area contributed by atoms with Crippen molar-refractivity contribution in [2.24, 2.45) is 10.8 Å². The molecule has 0 saturated heterocycles. The molecule has 2 heteroatoms. The molecule has 0 amide bonds. The Balaban J connectivity index is 1.91. The first kappa shape index (κ1) is 20.5. The second-order valence-corrected chi connectivity index (χ2v) is 12.5. The Hall–Kier alpha value is -2.42. The van der Waals surface area contributed by atoms with Crippen molar-refractivity contribution >= 4 is 41.4 Å². The van der Waals surface area contributed by atoms with Crippen LogP contribution in [0.1, 0.15) is 47.1 Å². The average molecular weight is 424 g/mol. The largest absolute Gasteiger partial charge is 0.398 e. The molecule has 0 atom stereocenters. The fraction of sp³-hybridized carbons (Fsp3) is 0.310. The van der Waals surface area contributed by atoms with Gasteiger partial charge in [0, 0.05) is 0 Å². The van der Waals surface area contributed by atoms with Crippen molar-refractivity contribution in [3.05, 3.63) is 83.7 Å². The van der Waals surface area contributed by atoms with Gasteiger partial charge in [0.05, 0.1) is 5.60 Å². The second-order valence-electron chi connectivity index (χ2n) is 10.9. The molecule has 1 aliphatic heterocycles. The summed E-state index contributed by atoms with van der Waals surface area (Å²) in [6.07, 6.45) is 4.27. The highest BCUT2D eigenvalue weighted by molar-refractivity contribution is 6.64. The monoisotopic (exact) mass is 423 g/mol. The standard InChI is InChI=1S/C29H31OSi/c1-27(2,3)29(28(4,5)6,30-31-18-7-8-19-31)24-17-15-22-13-12-20-10-9-11-21-14-16-23(24)26(22)25(20)21/h7-19H,1-6H3. The summed E-state index contributed by atoms with van der Waals surface area (Å²) in [5, 5.41) is 7.96. The summed E-state index contributed by atoms with van der Waals surface area (Å²) in [6, 6.07) is 20.4. The summed E-state index contributed by atoms with van der Waals surface area (Å²) >= 11 is 0. The Labute approximate surface area is 187 Å². The van der Waals surface area contributed by atoms with Crippen molar-refractivity contribution in [2.75, 3.05) is 0 Å². The van der Waals surface area contributed by atoms with Crippen molar-refractivity contribution in [3.8, 4) is 0 Å². The van der Waals surface area contributed by atoms with E-state index in [0.717, 1.165) is 0 Å². The molecule has 4 aromatic rings. The van der Waals surface area contributed by atoms with Gasteiger partial charge in [-0.3, -0.25) is 0 Å². The van der Waals surface area contributed by atoms with Gasteiger partial charge in [0.1, 0.15) is 0 Å². The predicted molar refractivity (Wildman–Crippen MR) is 136 cm³/mol. The van der Waals surface area contributed by atoms with E-state index in [1.165, 1.54) is 37.9 Å². The van der Waals surface area contributed by atoms with Crippen LogP contribution in [0.2, 0.25) is 0 Å². The highest BCUT2D eigenvalue weighted by atomic mass is 28.3. The zero-order valence-corrected chi connectivity index (χ0v) is 20.4. The van der Waals surface area contributed by atoms with Crippen LogP contribution < -0.4 is 0 Å². The molecule has 0 bridgehead atoms. The third kappa shape index (κ3) is 2.92. The van der Waals surface area contributed by atoms with Crippen LogP contribution in [-0.4, -0.2) is 9.04 Å². The second kappa shape index (κ2) is 6.79. The molecule has 0 aliphatic carbocycles. The Morgan fingerprint density at radius 2 is 1.13 bits per heavy atom. The van der Waals surface area contributed by atoms with Crippen LogP contribution in [0.4, 0.5) is 0 Å². The van der Waals surface area contributed by atoms with Crippen LogP contribution in [0.25, 0.3) is 32.3 Å². The first-order valence-corrected chi connectivity index (χ1v) is 12.8. The summed E-state index contributed by atoms with van der Waals surface area (Å²) in [4.78, 5) is 0. The average Bonchev–Trinajstić information content (AvgIpc) is 3.22. The summed E-state index contributed by atoms with van der Waals surface area (Å²) < 4.78 is 7.23. The number of hydrogen-bond donors (Lipinski definition) is 0. The Morgan fingerprint density at radius 1 is 0.613 bits per heavy atom. The van der Waals surface area contributed by atoms with Gasteiger partial charge in [0.25, 0.3) is 9.04 Å². The smallest absolute Gasteiger partial charge is 0.268 e. The van der Waals surface area contributed by atoms with E-state index in [0.29, 0.717) is 0 Å². The summed E-state index contributed by atoms with van der Waals surface area (Å²) in [5.74, 6) is 0. The number of rotatable bonds is 3. The number of allylic oxidation sites excluding steroid dienone is 2. The van der Waals surface area contributed by atoms with E-state index in [1.807, 2.05) is 0 Å². The molecule has 0 N–H and O–H groups in total. The summed E-state index contributed by atoms with van der Waals surface area (Å²) in [7, 11) is -1.17. The Morgan fingerprint density at radius 3 is 1.71 bits per heavy atom. The Kier molecular flexibility index (Phi) is 4.48. The highest BCUT2D eigenvalue weighted by Gasteiger charge is 2.54. The lowest BCUT2D eigenvalue weighted by Gasteiger charge is -2.55. The maximum atomic E-state index is 7.23. The van der Waals surface area contributed by atoms with Crippen LogP contribution in [0, 0.1) is 10.8 Å². The SMILES string of the molecule is CC(C)(C)C(O[Si]1C=CC=C1)(c1ccc2ccc3cccc4ccc1c2c34)C(C)(C)C. The molecule has 1 heterocycles. The maximum Gasteiger partial charge on any atom is 0.268 e. The van der Waals surface area contributed by atoms with Gasteiger partial charge < -0.3 is 4.43 Å². The minimum atomic E-state index is -1.17. The van der Waals surface area contributed by atoms with Gasteiger partial charge in [0.15, 0.2) is 0 Å². The highest BCUT2D eigenvalue weighted by Crippen LogP contribution is 2.57. The zero-order valence-electron chi connectivity index (χ0n) is 19.4. The van der Waals surface area contributed by atoms with Gasteiger partial charge in [-0.1, -0.05) is 120 Å². The molecule has 0 unspecified atom stereocenters. The quantitative estimate of drug-likeness (QED) is 0.239. The molecule has 157 valence electrons. The lowest BCUT2D eigenvalue weighted by atomic mass is 9.59. The van der Waals surface area contributed by atoms with Crippen LogP contribution in [0.3, 0.4) is 0 Å². The molecule has 1 nitrogen and oxygen atoms in total. The normalized spacial score (nSPS) is 15.8. The molecule has 1 radical (unpaired) electrons. The van der Waals surface area contributed by atoms with E-state index in [2.05, 4.69) is 120 Å². The van der Waals surface area contributed by atoms with Gasteiger partial charge >= 0.3 is 0 Å². The molecule has 1 aliphatic rings. The van der Waals surface area contributed by atoms with Crippen LogP contribution >= 0.6 is 0 Å². The van der Waals surface area contributed by atoms with Crippen molar-refractivity contribution < 1.29 is 4.43 Å². The topological polar surface area (TPSA) is 9.23 Å². The van der Waals surface area contributed by atoms with Crippen LogP contribution in [0.5, 0.6) is 0 Å². The summed E-state index contributed by atoms with van der Waals surface area (Å²) in [6.45, 7) is 14.0. The molecular weight excluding hydrogens is 392 g/mol. The van der Waals surface area contributed by atoms with E-state index < -0.39 is 14.6 Å². The third-order valence-electron chi connectivity index (χ3n) is 6.92. The number of benzene rings is 4. The van der Waals surface area contributed by atoms with Crippen LogP contribution in [-0.2, 0) is 10.0 Å². The van der Waals surface area contributed by atoms with Gasteiger partial charge in [-0.05, 0) is 48.7 Å². The molecule has 0 spiro atoms. The third-order valence-corrected chi connectivity index (χ3v) is 8.51. The predicted octanol–water partition coefficient (Wildman–Crippen LogP) is 8.08. The van der Waals surface area contributed by atoms with Crippen molar-refractivity contribution in [2.45, 2.75) is 47.1 Å². The van der Waals surface area contributed by atoms with E-state index >= 15 is 0 Å². The van der Waals surface area contributed by atoms with Crippen molar-refractivity contribution in [3.63, 3.8) is 0 Å². The van der Waals surface area contributed by atoms with E-state index in [9.17, 15) is 0 Å². The van der Waals surface area contributed by atoms with Crippen LogP contribution in [0.15, 0.2) is 78.1 Å². The molecule has 0 saturated carbocycles. The fourth-order valence-corrected chi connectivity index (χ4v) is 7.86. The first-order chi connectivity index (χ1) is 14.6. The van der Waals surface area contributed by atoms with Gasteiger partial charge in [-0.15, -0.1) is 0 Å². The van der Waals surface area contributed by atoms with Crippen molar-refractivity contribution in [1.29, 1.82) is 0 Å². The minimum Gasteiger partial charge on any atom is -0.398 e. The van der Waals surface area contributed by atoms with Gasteiger partial charge in [-0.25, -0.2) is 0 Å². The lowest BCUT2D eigenvalue weighted by molar-refractivity contribution is -0.122. The van der Waals surface area contributed by atoms with Gasteiger partial charge in [0.2, 0.25) is 0 Å². The molecule has 4 aromatic carbocycles. The Bertz CT molecular complexity index is 1290. The minimum absolute atomic E-state index is 0.101. The van der Waals surface area contributed by atoms with E-state index in [1.54, 1.807) is 0 Å². The lowest BCUT2D eigenvalue weighted by Crippen LogP contribution is -2.54. The first-order valence-electron chi connectivity index (χ1n) is 11.2. The van der Waals surface area contributed by atoms with Gasteiger partial charge in [-0.2, -0.15) is 0 Å². The fourth-order valence-electron chi connectivity index (χ4n) is 5.94. The zero-order chi connectivity index (χ0) is 22.0. The molecule has 5 rings (SSSR count). The van der Waals surface area contributed by atoms with E-state index in [4.69, 9.17) is 4.43 Å². The molecule has 0 fully saturated rings. The molecular formula is C29H31OSi. The van der Waals surface area contributed by atoms with Crippen molar-refractivity contribution in [1.82, 2.24) is 0 Å².